The molecule has 0 radical (unpaired) electrons. The molecule has 0 amide bonds. The number of carboxylic acids is 1. The maximum atomic E-state index is 10.5. The molecular weight excluding hydrogens is 244 g/mol. The van der Waals surface area contributed by atoms with E-state index in [0.717, 1.165) is 12.2 Å². The van der Waals surface area contributed by atoms with Gasteiger partial charge in [0.15, 0.2) is 0 Å². The van der Waals surface area contributed by atoms with Gasteiger partial charge >= 0.3 is 5.97 Å². The zero-order valence-corrected chi connectivity index (χ0v) is 11.2. The number of para-hydroxylation sites is 1. The average Bonchev–Trinajstić information content (AvgIpc) is 2.42. The van der Waals surface area contributed by atoms with Crippen LogP contribution in [-0.4, -0.2) is 30.9 Å². The highest BCUT2D eigenvalue weighted by Gasteiger charge is 1.98. The van der Waals surface area contributed by atoms with Gasteiger partial charge in [-0.25, -0.2) is 4.79 Å². The summed E-state index contributed by atoms with van der Waals surface area (Å²) in [5.41, 5.74) is 0.357. The Morgan fingerprint density at radius 3 is 2.63 bits per heavy atom. The maximum absolute atomic E-state index is 10.5. The van der Waals surface area contributed by atoms with Crippen LogP contribution in [0.25, 0.3) is 0 Å². The Balaban J connectivity index is 1.97. The van der Waals surface area contributed by atoms with Gasteiger partial charge in [-0.2, -0.15) is 0 Å². The molecule has 0 heterocycles. The minimum atomic E-state index is -0.878. The molecule has 4 heteroatoms. The van der Waals surface area contributed by atoms with E-state index in [1.165, 1.54) is 0 Å². The lowest BCUT2D eigenvalue weighted by Gasteiger charge is -2.06. The van der Waals surface area contributed by atoms with Crippen molar-refractivity contribution in [2.75, 3.05) is 19.8 Å². The maximum Gasteiger partial charge on any atom is 0.330 e. The molecule has 1 rings (SSSR count). The summed E-state index contributed by atoms with van der Waals surface area (Å²) in [4.78, 5) is 10.5. The van der Waals surface area contributed by atoms with Crippen LogP contribution in [0.1, 0.15) is 19.8 Å². The lowest BCUT2D eigenvalue weighted by Crippen LogP contribution is -2.04. The van der Waals surface area contributed by atoms with E-state index >= 15 is 0 Å². The van der Waals surface area contributed by atoms with Crippen LogP contribution in [0.4, 0.5) is 0 Å². The first-order valence-corrected chi connectivity index (χ1v) is 6.36. The number of carbonyl (C=O) groups is 1. The van der Waals surface area contributed by atoms with E-state index in [1.807, 2.05) is 30.3 Å². The quantitative estimate of drug-likeness (QED) is 0.550. The topological polar surface area (TPSA) is 55.8 Å². The molecule has 4 nitrogen and oxygen atoms in total. The van der Waals surface area contributed by atoms with Crippen molar-refractivity contribution in [2.24, 2.45) is 0 Å². The smallest absolute Gasteiger partial charge is 0.330 e. The average molecular weight is 264 g/mol. The van der Waals surface area contributed by atoms with Gasteiger partial charge in [-0.05, 0) is 25.5 Å². The van der Waals surface area contributed by atoms with Crippen molar-refractivity contribution in [1.82, 2.24) is 0 Å². The fourth-order valence-electron chi connectivity index (χ4n) is 1.42. The zero-order valence-electron chi connectivity index (χ0n) is 11.2. The Labute approximate surface area is 113 Å². The van der Waals surface area contributed by atoms with Crippen LogP contribution < -0.4 is 4.74 Å². The lowest BCUT2D eigenvalue weighted by molar-refractivity contribution is -0.132. The number of rotatable bonds is 9. The standard InChI is InChI=1S/C15H20O4/c1-13(15(16)17)7-5-10-18-11-6-12-19-14-8-3-2-4-9-14/h2-4,7-9H,5-6,10-12H2,1H3,(H,16,17)/b13-7+. The van der Waals surface area contributed by atoms with E-state index in [1.54, 1.807) is 13.0 Å². The van der Waals surface area contributed by atoms with Crippen molar-refractivity contribution in [3.05, 3.63) is 42.0 Å². The second kappa shape index (κ2) is 9.16. The summed E-state index contributed by atoms with van der Waals surface area (Å²) in [7, 11) is 0. The van der Waals surface area contributed by atoms with Gasteiger partial charge in [-0.1, -0.05) is 24.3 Å². The summed E-state index contributed by atoms with van der Waals surface area (Å²) < 4.78 is 10.9. The summed E-state index contributed by atoms with van der Waals surface area (Å²) in [6.07, 6.45) is 3.11. The second-order valence-corrected chi connectivity index (χ2v) is 4.11. The van der Waals surface area contributed by atoms with Crippen molar-refractivity contribution in [3.8, 4) is 5.75 Å². The molecule has 0 aliphatic rings. The van der Waals surface area contributed by atoms with E-state index in [2.05, 4.69) is 0 Å². The molecule has 0 spiro atoms. The highest BCUT2D eigenvalue weighted by molar-refractivity contribution is 5.85. The highest BCUT2D eigenvalue weighted by Crippen LogP contribution is 2.08. The Hall–Kier alpha value is -1.81. The monoisotopic (exact) mass is 264 g/mol. The Bertz CT molecular complexity index is 398. The molecular formula is C15H20O4. The fourth-order valence-corrected chi connectivity index (χ4v) is 1.42. The van der Waals surface area contributed by atoms with Gasteiger partial charge in [-0.3, -0.25) is 0 Å². The normalized spacial score (nSPS) is 11.3. The lowest BCUT2D eigenvalue weighted by atomic mass is 10.2. The first-order chi connectivity index (χ1) is 9.20. The van der Waals surface area contributed by atoms with Crippen molar-refractivity contribution < 1.29 is 19.4 Å². The van der Waals surface area contributed by atoms with Gasteiger partial charge in [-0.15, -0.1) is 0 Å². The summed E-state index contributed by atoms with van der Waals surface area (Å²) in [6, 6.07) is 9.65. The predicted molar refractivity (Wildman–Crippen MR) is 73.4 cm³/mol. The van der Waals surface area contributed by atoms with Crippen LogP contribution in [-0.2, 0) is 9.53 Å². The first-order valence-electron chi connectivity index (χ1n) is 6.36. The molecule has 0 aromatic heterocycles. The number of benzene rings is 1. The van der Waals surface area contributed by atoms with Crippen LogP contribution in [0.3, 0.4) is 0 Å². The summed E-state index contributed by atoms with van der Waals surface area (Å²) in [6.45, 7) is 3.35. The molecule has 0 aliphatic carbocycles. The fraction of sp³-hybridized carbons (Fsp3) is 0.400. The number of carboxylic acid groups (broad SMARTS) is 1. The van der Waals surface area contributed by atoms with Crippen molar-refractivity contribution in [3.63, 3.8) is 0 Å². The van der Waals surface area contributed by atoms with E-state index in [0.29, 0.717) is 31.8 Å². The number of hydrogen-bond acceptors (Lipinski definition) is 3. The van der Waals surface area contributed by atoms with Crippen LogP contribution in [0, 0.1) is 0 Å². The van der Waals surface area contributed by atoms with Crippen LogP contribution >= 0.6 is 0 Å². The molecule has 0 bridgehead atoms. The second-order valence-electron chi connectivity index (χ2n) is 4.11. The van der Waals surface area contributed by atoms with Crippen LogP contribution in [0.5, 0.6) is 5.75 Å². The minimum absolute atomic E-state index is 0.357. The van der Waals surface area contributed by atoms with Gasteiger partial charge in [0.2, 0.25) is 0 Å². The molecule has 0 aliphatic heterocycles. The molecule has 0 atom stereocenters. The van der Waals surface area contributed by atoms with Crippen molar-refractivity contribution >= 4 is 5.97 Å². The van der Waals surface area contributed by atoms with Crippen molar-refractivity contribution in [1.29, 1.82) is 0 Å². The third-order valence-electron chi connectivity index (χ3n) is 2.49. The number of hydrogen-bond donors (Lipinski definition) is 1. The Morgan fingerprint density at radius 2 is 1.95 bits per heavy atom. The molecule has 19 heavy (non-hydrogen) atoms. The molecule has 1 N–H and O–H groups in total. The number of aliphatic carboxylic acids is 1. The van der Waals surface area contributed by atoms with Gasteiger partial charge in [0.1, 0.15) is 5.75 Å². The molecule has 1 aromatic rings. The molecule has 0 saturated carbocycles. The van der Waals surface area contributed by atoms with Gasteiger partial charge in [0, 0.05) is 18.6 Å². The largest absolute Gasteiger partial charge is 0.494 e. The van der Waals surface area contributed by atoms with E-state index in [9.17, 15) is 4.79 Å². The third kappa shape index (κ3) is 7.26. The highest BCUT2D eigenvalue weighted by atomic mass is 16.5. The van der Waals surface area contributed by atoms with Gasteiger partial charge in [0.25, 0.3) is 0 Å². The molecule has 0 unspecified atom stereocenters. The Kier molecular flexibility index (Phi) is 7.35. The summed E-state index contributed by atoms with van der Waals surface area (Å²) in [5.74, 6) is -0.0150. The molecule has 0 fully saturated rings. The predicted octanol–water partition coefficient (Wildman–Crippen LogP) is 2.89. The Morgan fingerprint density at radius 1 is 1.21 bits per heavy atom. The molecule has 0 saturated heterocycles. The zero-order chi connectivity index (χ0) is 13.9. The van der Waals surface area contributed by atoms with Crippen LogP contribution in [0.15, 0.2) is 42.0 Å². The minimum Gasteiger partial charge on any atom is -0.494 e. The SMILES string of the molecule is C/C(=C\CCOCCCOc1ccccc1)C(=O)O. The van der Waals surface area contributed by atoms with E-state index < -0.39 is 5.97 Å². The van der Waals surface area contributed by atoms with Gasteiger partial charge < -0.3 is 14.6 Å². The van der Waals surface area contributed by atoms with Crippen molar-refractivity contribution in [2.45, 2.75) is 19.8 Å². The summed E-state index contributed by atoms with van der Waals surface area (Å²) >= 11 is 0. The van der Waals surface area contributed by atoms with Gasteiger partial charge in [0.05, 0.1) is 13.2 Å². The summed E-state index contributed by atoms with van der Waals surface area (Å²) in [5, 5.41) is 8.64. The van der Waals surface area contributed by atoms with Crippen LogP contribution in [0.2, 0.25) is 0 Å². The van der Waals surface area contributed by atoms with E-state index in [-0.39, 0.29) is 0 Å². The van der Waals surface area contributed by atoms with E-state index in [4.69, 9.17) is 14.6 Å². The molecule has 1 aromatic carbocycles. The number of ether oxygens (including phenoxy) is 2. The third-order valence-corrected chi connectivity index (χ3v) is 2.49. The molecule has 104 valence electrons. The first kappa shape index (κ1) is 15.2.